The minimum atomic E-state index is -0.538. The monoisotopic (exact) mass is 252 g/mol. The van der Waals surface area contributed by atoms with E-state index in [0.717, 1.165) is 11.3 Å². The van der Waals surface area contributed by atoms with Gasteiger partial charge in [0.15, 0.2) is 0 Å². The third kappa shape index (κ3) is 4.08. The van der Waals surface area contributed by atoms with Crippen molar-refractivity contribution in [1.29, 1.82) is 0 Å². The number of rotatable bonds is 5. The summed E-state index contributed by atoms with van der Waals surface area (Å²) in [4.78, 5) is 12.8. The number of esters is 1. The summed E-state index contributed by atoms with van der Waals surface area (Å²) in [6.45, 7) is 8.17. The van der Waals surface area contributed by atoms with Gasteiger partial charge in [-0.15, -0.1) is 11.8 Å². The van der Waals surface area contributed by atoms with E-state index in [1.54, 1.807) is 0 Å². The smallest absolute Gasteiger partial charge is 0.321 e. The first-order valence-electron chi connectivity index (χ1n) is 5.94. The van der Waals surface area contributed by atoms with Crippen molar-refractivity contribution in [3.63, 3.8) is 0 Å². The quantitative estimate of drug-likeness (QED) is 0.590. The lowest BCUT2D eigenvalue weighted by Crippen LogP contribution is -2.29. The van der Waals surface area contributed by atoms with E-state index >= 15 is 0 Å². The topological polar surface area (TPSA) is 26.3 Å². The summed E-state index contributed by atoms with van der Waals surface area (Å²) in [5.74, 6) is -0.162. The van der Waals surface area contributed by atoms with Gasteiger partial charge in [0, 0.05) is 4.90 Å². The molecule has 0 aliphatic rings. The molecule has 94 valence electrons. The van der Waals surface area contributed by atoms with Crippen LogP contribution in [0.3, 0.4) is 0 Å². The van der Waals surface area contributed by atoms with Gasteiger partial charge in [-0.25, -0.2) is 0 Å². The first-order chi connectivity index (χ1) is 7.99. The Kier molecular flexibility index (Phi) is 5.06. The van der Waals surface area contributed by atoms with Crippen molar-refractivity contribution in [3.8, 4) is 0 Å². The zero-order valence-electron chi connectivity index (χ0n) is 10.9. The Hall–Kier alpha value is -0.960. The van der Waals surface area contributed by atoms with Crippen LogP contribution in [0.4, 0.5) is 0 Å². The molecule has 0 saturated heterocycles. The molecule has 1 rings (SSSR count). The molecule has 3 heteroatoms. The second-order valence-corrected chi connectivity index (χ2v) is 6.03. The Morgan fingerprint density at radius 2 is 1.82 bits per heavy atom. The maximum atomic E-state index is 11.7. The molecule has 0 aliphatic heterocycles. The molecule has 0 radical (unpaired) electrons. The molecule has 0 spiro atoms. The van der Waals surface area contributed by atoms with Crippen LogP contribution in [0.1, 0.15) is 33.3 Å². The molecule has 0 heterocycles. The van der Waals surface area contributed by atoms with Gasteiger partial charge in [0.1, 0.15) is 4.75 Å². The number of benzene rings is 1. The summed E-state index contributed by atoms with van der Waals surface area (Å²) < 4.78 is 4.53. The van der Waals surface area contributed by atoms with Gasteiger partial charge < -0.3 is 4.74 Å². The third-order valence-electron chi connectivity index (χ3n) is 2.47. The van der Waals surface area contributed by atoms with E-state index in [0.29, 0.717) is 6.61 Å². The van der Waals surface area contributed by atoms with Crippen molar-refractivity contribution >= 4 is 17.7 Å². The Labute approximate surface area is 108 Å². The first-order valence-corrected chi connectivity index (χ1v) is 6.76. The highest BCUT2D eigenvalue weighted by atomic mass is 32.2. The van der Waals surface area contributed by atoms with Crippen LogP contribution in [-0.4, -0.2) is 17.3 Å². The van der Waals surface area contributed by atoms with Crippen molar-refractivity contribution in [3.05, 3.63) is 29.8 Å². The molecule has 0 saturated carbocycles. The van der Waals surface area contributed by atoms with Crippen LogP contribution < -0.4 is 0 Å². The van der Waals surface area contributed by atoms with Crippen LogP contribution in [0.2, 0.25) is 0 Å². The number of carbonyl (C=O) groups excluding carboxylic acids is 1. The van der Waals surface area contributed by atoms with Gasteiger partial charge in [-0.3, -0.25) is 4.79 Å². The van der Waals surface area contributed by atoms with Crippen molar-refractivity contribution in [2.75, 3.05) is 6.61 Å². The highest BCUT2D eigenvalue weighted by molar-refractivity contribution is 8.01. The van der Waals surface area contributed by atoms with Gasteiger partial charge in [-0.05, 0) is 44.9 Å². The number of hydrogen-bond donors (Lipinski definition) is 0. The predicted molar refractivity (Wildman–Crippen MR) is 72.4 cm³/mol. The molecular formula is C14H20O2S. The largest absolute Gasteiger partial charge is 0.465 e. The minimum absolute atomic E-state index is 0.162. The van der Waals surface area contributed by atoms with Gasteiger partial charge in [0.25, 0.3) is 0 Å². The van der Waals surface area contributed by atoms with E-state index in [9.17, 15) is 4.79 Å². The SMILES string of the molecule is CCOC(=O)C(C)(C)Sc1ccc(CC)cc1. The van der Waals surface area contributed by atoms with Crippen LogP contribution in [-0.2, 0) is 16.0 Å². The fraction of sp³-hybridized carbons (Fsp3) is 0.500. The zero-order valence-corrected chi connectivity index (χ0v) is 11.8. The van der Waals surface area contributed by atoms with Crippen LogP contribution >= 0.6 is 11.8 Å². The van der Waals surface area contributed by atoms with Crippen molar-refractivity contribution in [2.24, 2.45) is 0 Å². The van der Waals surface area contributed by atoms with Gasteiger partial charge in [0.2, 0.25) is 0 Å². The molecule has 2 nitrogen and oxygen atoms in total. The van der Waals surface area contributed by atoms with Crippen LogP contribution in [0.25, 0.3) is 0 Å². The normalized spacial score (nSPS) is 11.3. The van der Waals surface area contributed by atoms with Gasteiger partial charge in [-0.2, -0.15) is 0 Å². The molecule has 0 aromatic heterocycles. The molecule has 0 aliphatic carbocycles. The maximum Gasteiger partial charge on any atom is 0.321 e. The van der Waals surface area contributed by atoms with E-state index in [1.807, 2.05) is 20.8 Å². The molecule has 0 N–H and O–H groups in total. The van der Waals surface area contributed by atoms with Crippen LogP contribution in [0.5, 0.6) is 0 Å². The fourth-order valence-corrected chi connectivity index (χ4v) is 2.44. The van der Waals surface area contributed by atoms with E-state index in [4.69, 9.17) is 4.74 Å². The Bertz CT molecular complexity index is 368. The van der Waals surface area contributed by atoms with Gasteiger partial charge >= 0.3 is 5.97 Å². The molecule has 17 heavy (non-hydrogen) atoms. The molecule has 0 fully saturated rings. The average Bonchev–Trinajstić information content (AvgIpc) is 2.30. The number of ether oxygens (including phenoxy) is 1. The zero-order chi connectivity index (χ0) is 12.9. The molecular weight excluding hydrogens is 232 g/mol. The van der Waals surface area contributed by atoms with E-state index in [1.165, 1.54) is 17.3 Å². The first kappa shape index (κ1) is 14.1. The average molecular weight is 252 g/mol. The van der Waals surface area contributed by atoms with E-state index in [-0.39, 0.29) is 5.97 Å². The molecule has 1 aromatic carbocycles. The highest BCUT2D eigenvalue weighted by Gasteiger charge is 2.30. The summed E-state index contributed by atoms with van der Waals surface area (Å²) in [7, 11) is 0. The van der Waals surface area contributed by atoms with Crippen molar-refractivity contribution in [1.82, 2.24) is 0 Å². The van der Waals surface area contributed by atoms with Crippen molar-refractivity contribution in [2.45, 2.75) is 43.8 Å². The summed E-state index contributed by atoms with van der Waals surface area (Å²) in [6.07, 6.45) is 1.03. The number of aryl methyl sites for hydroxylation is 1. The number of thioether (sulfide) groups is 1. The summed E-state index contributed by atoms with van der Waals surface area (Å²) in [5.41, 5.74) is 1.31. The van der Waals surface area contributed by atoms with Crippen molar-refractivity contribution < 1.29 is 9.53 Å². The van der Waals surface area contributed by atoms with E-state index < -0.39 is 4.75 Å². The second-order valence-electron chi connectivity index (χ2n) is 4.33. The molecule has 0 atom stereocenters. The number of carbonyl (C=O) groups is 1. The third-order valence-corrected chi connectivity index (χ3v) is 3.66. The molecule has 0 bridgehead atoms. The fourth-order valence-electron chi connectivity index (χ4n) is 1.43. The Balaban J connectivity index is 2.71. The van der Waals surface area contributed by atoms with E-state index in [2.05, 4.69) is 31.2 Å². The molecule has 0 unspecified atom stereocenters. The molecule has 0 amide bonds. The van der Waals surface area contributed by atoms with Crippen LogP contribution in [0.15, 0.2) is 29.2 Å². The highest BCUT2D eigenvalue weighted by Crippen LogP contribution is 2.33. The van der Waals surface area contributed by atoms with Gasteiger partial charge in [0.05, 0.1) is 6.61 Å². The minimum Gasteiger partial charge on any atom is -0.465 e. The lowest BCUT2D eigenvalue weighted by molar-refractivity contribution is -0.145. The summed E-state index contributed by atoms with van der Waals surface area (Å²) in [5, 5.41) is 0. The lowest BCUT2D eigenvalue weighted by atomic mass is 10.2. The summed E-state index contributed by atoms with van der Waals surface area (Å²) >= 11 is 1.54. The predicted octanol–water partition coefficient (Wildman–Crippen LogP) is 3.68. The Morgan fingerprint density at radius 3 is 2.29 bits per heavy atom. The molecule has 1 aromatic rings. The standard InChI is InChI=1S/C14H20O2S/c1-5-11-7-9-12(10-8-11)17-14(3,4)13(15)16-6-2/h7-10H,5-6H2,1-4H3. The number of hydrogen-bond acceptors (Lipinski definition) is 3. The Morgan fingerprint density at radius 1 is 1.24 bits per heavy atom. The lowest BCUT2D eigenvalue weighted by Gasteiger charge is -2.21. The maximum absolute atomic E-state index is 11.7. The summed E-state index contributed by atoms with van der Waals surface area (Å²) in [6, 6.07) is 8.32. The second kappa shape index (κ2) is 6.10. The van der Waals surface area contributed by atoms with Gasteiger partial charge in [-0.1, -0.05) is 19.1 Å². The van der Waals surface area contributed by atoms with Crippen LogP contribution in [0, 0.1) is 0 Å².